The van der Waals surface area contributed by atoms with Crippen molar-refractivity contribution in [2.24, 2.45) is 5.73 Å². The Bertz CT molecular complexity index is 939. The van der Waals surface area contributed by atoms with Gasteiger partial charge in [-0.05, 0) is 38.5 Å². The third-order valence-corrected chi connectivity index (χ3v) is 3.62. The molecule has 0 spiro atoms. The van der Waals surface area contributed by atoms with E-state index in [0.29, 0.717) is 5.56 Å². The molecule has 1 aromatic carbocycles. The summed E-state index contributed by atoms with van der Waals surface area (Å²) < 4.78 is 10.8. The van der Waals surface area contributed by atoms with Gasteiger partial charge in [-0.1, -0.05) is 12.1 Å². The Morgan fingerprint density at radius 1 is 1.20 bits per heavy atom. The number of hydrogen-bond acceptors (Lipinski definition) is 9. The molecular formula is C19H23N5O6. The number of primary amides is 1. The Morgan fingerprint density at radius 3 is 2.37 bits per heavy atom. The smallest absolute Gasteiger partial charge is 0.373 e. The fourth-order valence-corrected chi connectivity index (χ4v) is 2.50. The first-order chi connectivity index (χ1) is 14.0. The summed E-state index contributed by atoms with van der Waals surface area (Å²) in [5, 5.41) is 11.7. The van der Waals surface area contributed by atoms with Crippen molar-refractivity contribution >= 4 is 23.4 Å². The van der Waals surface area contributed by atoms with E-state index in [1.54, 1.807) is 32.9 Å². The van der Waals surface area contributed by atoms with Crippen LogP contribution in [0.3, 0.4) is 0 Å². The molecule has 2 aromatic rings. The number of carbonyl (C=O) groups is 2. The Morgan fingerprint density at radius 2 is 1.83 bits per heavy atom. The Labute approximate surface area is 173 Å². The maximum Gasteiger partial charge on any atom is 0.373 e. The van der Waals surface area contributed by atoms with Crippen molar-refractivity contribution in [1.29, 1.82) is 0 Å². The fraction of sp³-hybridized carbons (Fsp3) is 0.368. The van der Waals surface area contributed by atoms with Gasteiger partial charge in [0.2, 0.25) is 11.7 Å². The van der Waals surface area contributed by atoms with Crippen LogP contribution < -0.4 is 15.4 Å². The summed E-state index contributed by atoms with van der Waals surface area (Å²) >= 11 is 0. The van der Waals surface area contributed by atoms with Crippen LogP contribution in [-0.4, -0.2) is 46.0 Å². The van der Waals surface area contributed by atoms with Crippen LogP contribution in [0.2, 0.25) is 0 Å². The zero-order chi connectivity index (χ0) is 22.5. The van der Waals surface area contributed by atoms with Crippen LogP contribution in [0.25, 0.3) is 0 Å². The zero-order valence-corrected chi connectivity index (χ0v) is 17.1. The predicted octanol–water partition coefficient (Wildman–Crippen LogP) is 1.98. The zero-order valence-electron chi connectivity index (χ0n) is 17.1. The average molecular weight is 417 g/mol. The van der Waals surface area contributed by atoms with Crippen molar-refractivity contribution in [3.05, 3.63) is 46.3 Å². The second-order valence-electron chi connectivity index (χ2n) is 7.44. The average Bonchev–Trinajstić information content (AvgIpc) is 2.60. The van der Waals surface area contributed by atoms with Crippen molar-refractivity contribution < 1.29 is 24.0 Å². The van der Waals surface area contributed by atoms with Crippen molar-refractivity contribution in [2.45, 2.75) is 32.8 Å². The molecule has 0 unspecified atom stereocenters. The molecule has 1 aromatic heterocycles. The van der Waals surface area contributed by atoms with E-state index in [-0.39, 0.29) is 30.4 Å². The summed E-state index contributed by atoms with van der Waals surface area (Å²) in [6.07, 6.45) is 1.16. The van der Waals surface area contributed by atoms with E-state index in [9.17, 15) is 19.7 Å². The molecule has 0 radical (unpaired) electrons. The number of nitrogens with zero attached hydrogens (tertiary/aromatic N) is 4. The lowest BCUT2D eigenvalue weighted by molar-refractivity contribution is -0.385. The summed E-state index contributed by atoms with van der Waals surface area (Å²) in [6.45, 7) is 4.91. The number of nitrogens with two attached hydrogens (primary N) is 1. The van der Waals surface area contributed by atoms with Gasteiger partial charge >= 0.3 is 17.5 Å². The Hall–Kier alpha value is -3.76. The number of carbonyl (C=O) groups excluding carboxylic acids is 2. The van der Waals surface area contributed by atoms with Crippen LogP contribution in [0.1, 0.15) is 26.3 Å². The first-order valence-corrected chi connectivity index (χ1v) is 8.93. The number of hydrogen-bond donors (Lipinski definition) is 1. The Balaban J connectivity index is 2.26. The molecular weight excluding hydrogens is 394 g/mol. The number of anilines is 1. The number of rotatable bonds is 8. The molecule has 0 atom stereocenters. The molecule has 0 bridgehead atoms. The largest absolute Gasteiger partial charge is 0.459 e. The second kappa shape index (κ2) is 9.16. The molecule has 1 amide bonds. The van der Waals surface area contributed by atoms with Gasteiger partial charge in [-0.2, -0.15) is 4.98 Å². The van der Waals surface area contributed by atoms with E-state index >= 15 is 0 Å². The normalized spacial score (nSPS) is 10.9. The monoisotopic (exact) mass is 417 g/mol. The van der Waals surface area contributed by atoms with Gasteiger partial charge in [-0.25, -0.2) is 4.98 Å². The molecule has 0 aliphatic rings. The van der Waals surface area contributed by atoms with E-state index in [1.165, 1.54) is 24.1 Å². The standard InChI is InChI=1S/C19H23N5O6/c1-19(2,3)30-15(26)10-23(4)17-16(24(27)28)18(22-11-21-17)29-13-7-5-12(6-8-13)9-14(20)25/h5-8,11H,9-10H2,1-4H3,(H2,20,25). The topological polar surface area (TPSA) is 151 Å². The lowest BCUT2D eigenvalue weighted by atomic mass is 10.1. The summed E-state index contributed by atoms with van der Waals surface area (Å²) in [4.78, 5) is 43.1. The number of ether oxygens (including phenoxy) is 2. The second-order valence-corrected chi connectivity index (χ2v) is 7.44. The predicted molar refractivity (Wildman–Crippen MR) is 107 cm³/mol. The minimum atomic E-state index is -0.690. The number of benzene rings is 1. The molecule has 0 aliphatic heterocycles. The first kappa shape index (κ1) is 22.5. The van der Waals surface area contributed by atoms with Crippen LogP contribution >= 0.6 is 0 Å². The minimum Gasteiger partial charge on any atom is -0.459 e. The van der Waals surface area contributed by atoms with Crippen LogP contribution in [-0.2, 0) is 20.7 Å². The molecule has 2 rings (SSSR count). The number of esters is 1. The van der Waals surface area contributed by atoms with Gasteiger partial charge in [-0.15, -0.1) is 0 Å². The summed E-state index contributed by atoms with van der Waals surface area (Å²) in [6, 6.07) is 6.30. The maximum atomic E-state index is 12.1. The minimum absolute atomic E-state index is 0.0630. The van der Waals surface area contributed by atoms with Gasteiger partial charge in [0, 0.05) is 7.05 Å². The number of amides is 1. The molecule has 0 saturated heterocycles. The molecule has 2 N–H and O–H groups in total. The molecule has 1 heterocycles. The van der Waals surface area contributed by atoms with Gasteiger partial charge in [0.1, 0.15) is 24.2 Å². The van der Waals surface area contributed by atoms with E-state index in [0.717, 1.165) is 6.33 Å². The summed E-state index contributed by atoms with van der Waals surface area (Å²) in [5.74, 6) is -1.16. The van der Waals surface area contributed by atoms with Gasteiger partial charge in [0.05, 0.1) is 11.3 Å². The molecule has 30 heavy (non-hydrogen) atoms. The fourth-order valence-electron chi connectivity index (χ4n) is 2.50. The van der Waals surface area contributed by atoms with Crippen molar-refractivity contribution in [1.82, 2.24) is 9.97 Å². The van der Waals surface area contributed by atoms with E-state index in [4.69, 9.17) is 15.2 Å². The highest BCUT2D eigenvalue weighted by Gasteiger charge is 2.29. The van der Waals surface area contributed by atoms with E-state index in [1.807, 2.05) is 0 Å². The first-order valence-electron chi connectivity index (χ1n) is 8.93. The summed E-state index contributed by atoms with van der Waals surface area (Å²) in [5.41, 5.74) is 4.64. The number of likely N-dealkylation sites (N-methyl/N-ethyl adjacent to an activating group) is 1. The highest BCUT2D eigenvalue weighted by Crippen LogP contribution is 2.35. The number of aromatic nitrogens is 2. The molecule has 160 valence electrons. The van der Waals surface area contributed by atoms with Crippen LogP contribution in [0.15, 0.2) is 30.6 Å². The molecule has 0 aliphatic carbocycles. The Kier molecular flexibility index (Phi) is 6.88. The quantitative estimate of drug-likeness (QED) is 0.386. The highest BCUT2D eigenvalue weighted by molar-refractivity contribution is 5.77. The SMILES string of the molecule is CN(CC(=O)OC(C)(C)C)c1ncnc(Oc2ccc(CC(N)=O)cc2)c1[N+](=O)[O-]. The van der Waals surface area contributed by atoms with Crippen molar-refractivity contribution in [3.8, 4) is 11.6 Å². The maximum absolute atomic E-state index is 12.1. The lowest BCUT2D eigenvalue weighted by Gasteiger charge is -2.23. The van der Waals surface area contributed by atoms with Crippen LogP contribution in [0.4, 0.5) is 11.5 Å². The van der Waals surface area contributed by atoms with E-state index in [2.05, 4.69) is 9.97 Å². The molecule has 11 nitrogen and oxygen atoms in total. The van der Waals surface area contributed by atoms with Crippen molar-refractivity contribution in [2.75, 3.05) is 18.5 Å². The van der Waals surface area contributed by atoms with Gasteiger partial charge in [0.25, 0.3) is 0 Å². The third-order valence-electron chi connectivity index (χ3n) is 3.62. The number of nitro groups is 1. The lowest BCUT2D eigenvalue weighted by Crippen LogP contribution is -2.33. The third kappa shape index (κ3) is 6.40. The highest BCUT2D eigenvalue weighted by atomic mass is 16.6. The molecule has 11 heteroatoms. The molecule has 0 fully saturated rings. The molecule has 0 saturated carbocycles. The van der Waals surface area contributed by atoms with E-state index < -0.39 is 28.1 Å². The van der Waals surface area contributed by atoms with Crippen LogP contribution in [0.5, 0.6) is 11.6 Å². The van der Waals surface area contributed by atoms with Gasteiger partial charge in [-0.3, -0.25) is 19.7 Å². The summed E-state index contributed by atoms with van der Waals surface area (Å²) in [7, 11) is 1.47. The van der Waals surface area contributed by atoms with Gasteiger partial charge in [0.15, 0.2) is 0 Å². The van der Waals surface area contributed by atoms with Gasteiger partial charge < -0.3 is 20.1 Å². The van der Waals surface area contributed by atoms with Crippen LogP contribution in [0, 0.1) is 10.1 Å². The van der Waals surface area contributed by atoms with Crippen molar-refractivity contribution in [3.63, 3.8) is 0 Å².